The first-order chi connectivity index (χ1) is 9.79. The highest BCUT2D eigenvalue weighted by atomic mass is 32.2. The van der Waals surface area contributed by atoms with Crippen LogP contribution in [0.4, 0.5) is 5.69 Å². The molecule has 0 radical (unpaired) electrons. The van der Waals surface area contributed by atoms with E-state index in [-0.39, 0.29) is 11.4 Å². The second-order valence-electron chi connectivity index (χ2n) is 5.05. The second-order valence-corrected chi connectivity index (χ2v) is 6.82. The number of sulfonamides is 1. The van der Waals surface area contributed by atoms with Gasteiger partial charge in [0.1, 0.15) is 0 Å². The Morgan fingerprint density at radius 2 is 1.90 bits per heavy atom. The van der Waals surface area contributed by atoms with E-state index in [0.29, 0.717) is 11.4 Å². The van der Waals surface area contributed by atoms with Crippen molar-refractivity contribution in [2.75, 3.05) is 5.73 Å². The van der Waals surface area contributed by atoms with Gasteiger partial charge in [-0.1, -0.05) is 6.07 Å². The molecule has 0 atom stereocenters. The third-order valence-electron chi connectivity index (χ3n) is 3.38. The van der Waals surface area contributed by atoms with Crippen LogP contribution in [0.5, 0.6) is 0 Å². The highest BCUT2D eigenvalue weighted by Crippen LogP contribution is 2.21. The Labute approximate surface area is 125 Å². The van der Waals surface area contributed by atoms with Gasteiger partial charge >= 0.3 is 0 Å². The second kappa shape index (κ2) is 5.83. The van der Waals surface area contributed by atoms with Crippen LogP contribution >= 0.6 is 0 Å². The van der Waals surface area contributed by atoms with Gasteiger partial charge in [-0.25, -0.2) is 13.1 Å². The van der Waals surface area contributed by atoms with Gasteiger partial charge in [-0.05, 0) is 56.2 Å². The monoisotopic (exact) mass is 305 g/mol. The van der Waals surface area contributed by atoms with Crippen molar-refractivity contribution in [3.05, 3.63) is 52.8 Å². The summed E-state index contributed by atoms with van der Waals surface area (Å²) in [6, 6.07) is 8.60. The lowest BCUT2D eigenvalue weighted by molar-refractivity contribution is 0.580. The fourth-order valence-corrected chi connectivity index (χ4v) is 3.08. The molecule has 0 saturated heterocycles. The molecule has 1 aromatic heterocycles. The molecule has 0 fully saturated rings. The first kappa shape index (κ1) is 15.5. The average molecular weight is 305 g/mol. The minimum Gasteiger partial charge on any atom is -0.398 e. The molecule has 0 spiro atoms. The van der Waals surface area contributed by atoms with E-state index < -0.39 is 10.0 Å². The largest absolute Gasteiger partial charge is 0.398 e. The molecule has 2 aromatic rings. The van der Waals surface area contributed by atoms with Crippen LogP contribution in [0.2, 0.25) is 0 Å². The van der Waals surface area contributed by atoms with Crippen LogP contribution in [0, 0.1) is 20.8 Å². The normalized spacial score (nSPS) is 11.6. The van der Waals surface area contributed by atoms with E-state index in [1.165, 1.54) is 6.07 Å². The van der Waals surface area contributed by atoms with Crippen molar-refractivity contribution in [3.63, 3.8) is 0 Å². The molecular weight excluding hydrogens is 286 g/mol. The summed E-state index contributed by atoms with van der Waals surface area (Å²) >= 11 is 0. The van der Waals surface area contributed by atoms with Gasteiger partial charge in [0.2, 0.25) is 10.0 Å². The van der Waals surface area contributed by atoms with Gasteiger partial charge in [0.05, 0.1) is 17.1 Å². The van der Waals surface area contributed by atoms with Gasteiger partial charge in [0, 0.05) is 11.4 Å². The van der Waals surface area contributed by atoms with Crippen molar-refractivity contribution in [1.29, 1.82) is 0 Å². The van der Waals surface area contributed by atoms with Crippen LogP contribution in [0.3, 0.4) is 0 Å². The summed E-state index contributed by atoms with van der Waals surface area (Å²) < 4.78 is 27.2. The Bertz CT molecular complexity index is 747. The SMILES string of the molecule is Cc1cccc(CNS(=O)(=O)c2cc(C)c(C)c(N)c2)n1. The molecule has 21 heavy (non-hydrogen) atoms. The number of aryl methyl sites for hydroxylation is 2. The first-order valence-corrected chi connectivity index (χ1v) is 8.07. The summed E-state index contributed by atoms with van der Waals surface area (Å²) in [4.78, 5) is 4.44. The van der Waals surface area contributed by atoms with Crippen molar-refractivity contribution in [2.45, 2.75) is 32.2 Å². The van der Waals surface area contributed by atoms with Crippen LogP contribution in [-0.2, 0) is 16.6 Å². The lowest BCUT2D eigenvalue weighted by Crippen LogP contribution is -2.24. The van der Waals surface area contributed by atoms with E-state index in [2.05, 4.69) is 9.71 Å². The average Bonchev–Trinajstić information content (AvgIpc) is 2.42. The fourth-order valence-electron chi connectivity index (χ4n) is 1.96. The van der Waals surface area contributed by atoms with Crippen LogP contribution in [0.15, 0.2) is 35.2 Å². The molecule has 0 saturated carbocycles. The summed E-state index contributed by atoms with van der Waals surface area (Å²) in [7, 11) is -3.60. The molecule has 5 nitrogen and oxygen atoms in total. The Morgan fingerprint density at radius 1 is 1.19 bits per heavy atom. The van der Waals surface area contributed by atoms with E-state index in [9.17, 15) is 8.42 Å². The predicted molar refractivity (Wildman–Crippen MR) is 83.3 cm³/mol. The maximum Gasteiger partial charge on any atom is 0.241 e. The molecule has 0 bridgehead atoms. The molecule has 1 heterocycles. The van der Waals surface area contributed by atoms with Crippen molar-refractivity contribution in [1.82, 2.24) is 9.71 Å². The molecular formula is C15H19N3O2S. The summed E-state index contributed by atoms with van der Waals surface area (Å²) in [6.07, 6.45) is 0. The number of nitrogens with one attached hydrogen (secondary N) is 1. The number of benzene rings is 1. The number of aromatic nitrogens is 1. The van der Waals surface area contributed by atoms with Crippen LogP contribution < -0.4 is 10.5 Å². The van der Waals surface area contributed by atoms with Gasteiger partial charge in [-0.15, -0.1) is 0 Å². The number of nitrogens with two attached hydrogens (primary N) is 1. The zero-order valence-electron chi connectivity index (χ0n) is 12.3. The summed E-state index contributed by atoms with van der Waals surface area (Å²) in [5.74, 6) is 0. The fraction of sp³-hybridized carbons (Fsp3) is 0.267. The van der Waals surface area contributed by atoms with Gasteiger partial charge in [0.25, 0.3) is 0 Å². The van der Waals surface area contributed by atoms with Crippen LogP contribution in [-0.4, -0.2) is 13.4 Å². The molecule has 0 aliphatic rings. The molecule has 0 aliphatic carbocycles. The third kappa shape index (κ3) is 3.59. The Morgan fingerprint density at radius 3 is 2.52 bits per heavy atom. The highest BCUT2D eigenvalue weighted by Gasteiger charge is 2.16. The summed E-state index contributed by atoms with van der Waals surface area (Å²) in [5.41, 5.74) is 9.59. The molecule has 0 unspecified atom stereocenters. The number of anilines is 1. The first-order valence-electron chi connectivity index (χ1n) is 6.58. The Kier molecular flexibility index (Phi) is 4.29. The number of pyridine rings is 1. The highest BCUT2D eigenvalue weighted by molar-refractivity contribution is 7.89. The van der Waals surface area contributed by atoms with E-state index in [1.54, 1.807) is 12.1 Å². The molecule has 112 valence electrons. The predicted octanol–water partition coefficient (Wildman–Crippen LogP) is 2.07. The van der Waals surface area contributed by atoms with Crippen molar-refractivity contribution in [2.24, 2.45) is 0 Å². The number of nitrogens with zero attached hydrogens (tertiary/aromatic N) is 1. The van der Waals surface area contributed by atoms with E-state index in [4.69, 9.17) is 5.73 Å². The molecule has 1 aromatic carbocycles. The number of rotatable bonds is 4. The zero-order valence-corrected chi connectivity index (χ0v) is 13.2. The summed E-state index contributed by atoms with van der Waals surface area (Å²) in [5, 5.41) is 0. The van der Waals surface area contributed by atoms with E-state index >= 15 is 0 Å². The number of hydrogen-bond donors (Lipinski definition) is 2. The van der Waals surface area contributed by atoms with Gasteiger partial charge in [-0.2, -0.15) is 0 Å². The lowest BCUT2D eigenvalue weighted by Gasteiger charge is -2.11. The lowest BCUT2D eigenvalue weighted by atomic mass is 10.1. The zero-order chi connectivity index (χ0) is 15.6. The minimum atomic E-state index is -3.60. The minimum absolute atomic E-state index is 0.150. The number of nitrogen functional groups attached to an aromatic ring is 1. The molecule has 2 rings (SSSR count). The molecule has 3 N–H and O–H groups in total. The van der Waals surface area contributed by atoms with Crippen LogP contribution in [0.1, 0.15) is 22.5 Å². The standard InChI is InChI=1S/C15H19N3O2S/c1-10-7-14(8-15(16)12(10)3)21(19,20)17-9-13-6-4-5-11(2)18-13/h4-8,17H,9,16H2,1-3H3. The van der Waals surface area contributed by atoms with E-state index in [0.717, 1.165) is 16.8 Å². The summed E-state index contributed by atoms with van der Waals surface area (Å²) in [6.45, 7) is 5.72. The molecule has 6 heteroatoms. The third-order valence-corrected chi connectivity index (χ3v) is 4.76. The van der Waals surface area contributed by atoms with Gasteiger partial charge in [-0.3, -0.25) is 4.98 Å². The number of hydrogen-bond acceptors (Lipinski definition) is 4. The topological polar surface area (TPSA) is 85.1 Å². The van der Waals surface area contributed by atoms with Gasteiger partial charge < -0.3 is 5.73 Å². The van der Waals surface area contributed by atoms with Crippen molar-refractivity contribution < 1.29 is 8.42 Å². The van der Waals surface area contributed by atoms with E-state index in [1.807, 2.05) is 32.9 Å². The van der Waals surface area contributed by atoms with Crippen LogP contribution in [0.25, 0.3) is 0 Å². The maximum absolute atomic E-state index is 12.3. The van der Waals surface area contributed by atoms with Crippen molar-refractivity contribution in [3.8, 4) is 0 Å². The molecule has 0 amide bonds. The quantitative estimate of drug-likeness (QED) is 0.847. The Balaban J connectivity index is 2.23. The Hall–Kier alpha value is -1.92. The van der Waals surface area contributed by atoms with Gasteiger partial charge in [0.15, 0.2) is 0 Å². The van der Waals surface area contributed by atoms with Crippen molar-refractivity contribution >= 4 is 15.7 Å². The molecule has 0 aliphatic heterocycles. The maximum atomic E-state index is 12.3. The smallest absolute Gasteiger partial charge is 0.241 e.